The lowest BCUT2D eigenvalue weighted by atomic mass is 9.99. The van der Waals surface area contributed by atoms with E-state index >= 15 is 0 Å². The SMILES string of the molecule is CCOC(=O)NC(=S)Nc1ccc2c(c1)CN(C(=O)O)CC2. The number of amides is 2. The molecular weight excluding hydrogens is 306 g/mol. The Morgan fingerprint density at radius 1 is 1.41 bits per heavy atom. The third kappa shape index (κ3) is 4.08. The van der Waals surface area contributed by atoms with Crippen molar-refractivity contribution in [3.8, 4) is 0 Å². The van der Waals surface area contributed by atoms with Gasteiger partial charge in [0.1, 0.15) is 0 Å². The second kappa shape index (κ2) is 7.08. The molecular formula is C14H17N3O4S. The molecule has 0 spiro atoms. The van der Waals surface area contributed by atoms with Crippen LogP contribution in [-0.4, -0.2) is 40.5 Å². The number of hydrogen-bond acceptors (Lipinski definition) is 4. The number of ether oxygens (including phenoxy) is 1. The van der Waals surface area contributed by atoms with Crippen molar-refractivity contribution in [1.82, 2.24) is 10.2 Å². The van der Waals surface area contributed by atoms with Crippen LogP contribution in [0.3, 0.4) is 0 Å². The standard InChI is InChI=1S/C14H17N3O4S/c1-2-21-13(18)16-12(22)15-11-4-3-9-5-6-17(14(19)20)8-10(9)7-11/h3-4,7H,2,5-6,8H2,1H3,(H,19,20)(H2,15,16,18,22). The summed E-state index contributed by atoms with van der Waals surface area (Å²) in [5.41, 5.74) is 2.73. The number of carboxylic acid groups (broad SMARTS) is 1. The molecule has 8 heteroatoms. The molecule has 0 bridgehead atoms. The molecule has 22 heavy (non-hydrogen) atoms. The van der Waals surface area contributed by atoms with Crippen LogP contribution >= 0.6 is 12.2 Å². The quantitative estimate of drug-likeness (QED) is 0.723. The molecule has 2 amide bonds. The second-order valence-corrected chi connectivity index (χ2v) is 5.15. The highest BCUT2D eigenvalue weighted by atomic mass is 32.1. The number of rotatable bonds is 2. The number of hydrogen-bond donors (Lipinski definition) is 3. The van der Waals surface area contributed by atoms with E-state index in [4.69, 9.17) is 22.1 Å². The normalized spacial score (nSPS) is 13.0. The zero-order valence-corrected chi connectivity index (χ0v) is 12.9. The van der Waals surface area contributed by atoms with Crippen LogP contribution in [0.4, 0.5) is 15.3 Å². The van der Waals surface area contributed by atoms with E-state index in [2.05, 4.69) is 10.6 Å². The van der Waals surface area contributed by atoms with Gasteiger partial charge >= 0.3 is 12.2 Å². The first-order valence-electron chi connectivity index (χ1n) is 6.84. The number of anilines is 1. The Bertz CT molecular complexity index is 606. The topological polar surface area (TPSA) is 90.9 Å². The van der Waals surface area contributed by atoms with E-state index in [1.54, 1.807) is 6.92 Å². The molecule has 3 N–H and O–H groups in total. The van der Waals surface area contributed by atoms with Gasteiger partial charge < -0.3 is 20.1 Å². The summed E-state index contributed by atoms with van der Waals surface area (Å²) in [6, 6.07) is 5.61. The van der Waals surface area contributed by atoms with Crippen LogP contribution in [0.15, 0.2) is 18.2 Å². The summed E-state index contributed by atoms with van der Waals surface area (Å²) in [6.07, 6.45) is -0.855. The average molecular weight is 323 g/mol. The Balaban J connectivity index is 2.02. The summed E-state index contributed by atoms with van der Waals surface area (Å²) in [7, 11) is 0. The molecule has 0 fully saturated rings. The number of carbonyl (C=O) groups excluding carboxylic acids is 1. The smallest absolute Gasteiger partial charge is 0.413 e. The van der Waals surface area contributed by atoms with E-state index in [1.807, 2.05) is 18.2 Å². The van der Waals surface area contributed by atoms with Crippen molar-refractivity contribution in [2.24, 2.45) is 0 Å². The van der Waals surface area contributed by atoms with Gasteiger partial charge in [0.25, 0.3) is 0 Å². The number of carbonyl (C=O) groups is 2. The minimum absolute atomic E-state index is 0.129. The lowest BCUT2D eigenvalue weighted by Gasteiger charge is -2.26. The summed E-state index contributed by atoms with van der Waals surface area (Å²) in [5, 5.41) is 14.5. The predicted molar refractivity (Wildman–Crippen MR) is 85.0 cm³/mol. The summed E-state index contributed by atoms with van der Waals surface area (Å²) in [6.45, 7) is 2.81. The Hall–Kier alpha value is -2.35. The maximum absolute atomic E-state index is 11.3. The molecule has 0 saturated carbocycles. The van der Waals surface area contributed by atoms with Gasteiger partial charge in [0.15, 0.2) is 5.11 Å². The summed E-state index contributed by atoms with van der Waals surface area (Å²) < 4.78 is 4.73. The van der Waals surface area contributed by atoms with E-state index in [-0.39, 0.29) is 11.7 Å². The molecule has 1 aliphatic rings. The third-order valence-electron chi connectivity index (χ3n) is 3.24. The molecule has 0 aromatic heterocycles. The summed E-state index contributed by atoms with van der Waals surface area (Å²) in [5.74, 6) is 0. The second-order valence-electron chi connectivity index (χ2n) is 4.74. The van der Waals surface area contributed by atoms with E-state index in [0.29, 0.717) is 25.2 Å². The maximum Gasteiger partial charge on any atom is 0.413 e. The molecule has 1 heterocycles. The van der Waals surface area contributed by atoms with Gasteiger partial charge in [-0.15, -0.1) is 0 Å². The average Bonchev–Trinajstić information content (AvgIpc) is 2.46. The van der Waals surface area contributed by atoms with Crippen molar-refractivity contribution < 1.29 is 19.4 Å². The lowest BCUT2D eigenvalue weighted by Crippen LogP contribution is -2.35. The van der Waals surface area contributed by atoms with E-state index in [9.17, 15) is 9.59 Å². The van der Waals surface area contributed by atoms with Gasteiger partial charge in [0, 0.05) is 18.8 Å². The highest BCUT2D eigenvalue weighted by molar-refractivity contribution is 7.80. The fourth-order valence-corrected chi connectivity index (χ4v) is 2.42. The molecule has 0 saturated heterocycles. The first-order valence-corrected chi connectivity index (χ1v) is 7.25. The molecule has 2 rings (SSSR count). The number of nitrogens with one attached hydrogen (secondary N) is 2. The van der Waals surface area contributed by atoms with Crippen molar-refractivity contribution in [3.05, 3.63) is 29.3 Å². The van der Waals surface area contributed by atoms with Crippen LogP contribution in [0.2, 0.25) is 0 Å². The molecule has 0 unspecified atom stereocenters. The number of benzene rings is 1. The third-order valence-corrected chi connectivity index (χ3v) is 3.44. The monoisotopic (exact) mass is 323 g/mol. The number of alkyl carbamates (subject to hydrolysis) is 1. The Morgan fingerprint density at radius 3 is 2.86 bits per heavy atom. The molecule has 1 aromatic carbocycles. The van der Waals surface area contributed by atoms with Crippen molar-refractivity contribution >= 4 is 35.2 Å². The van der Waals surface area contributed by atoms with Gasteiger partial charge in [-0.3, -0.25) is 5.32 Å². The van der Waals surface area contributed by atoms with Gasteiger partial charge in [0.05, 0.1) is 6.61 Å². The van der Waals surface area contributed by atoms with Crippen molar-refractivity contribution in [2.45, 2.75) is 19.9 Å². The highest BCUT2D eigenvalue weighted by Gasteiger charge is 2.20. The minimum atomic E-state index is -0.927. The molecule has 0 aliphatic carbocycles. The van der Waals surface area contributed by atoms with Crippen LogP contribution in [0, 0.1) is 0 Å². The Morgan fingerprint density at radius 2 is 2.18 bits per heavy atom. The first-order chi connectivity index (χ1) is 10.5. The maximum atomic E-state index is 11.3. The van der Waals surface area contributed by atoms with Gasteiger partial charge in [0.2, 0.25) is 0 Å². The van der Waals surface area contributed by atoms with Gasteiger partial charge in [-0.05, 0) is 48.8 Å². The molecule has 0 radical (unpaired) electrons. The van der Waals surface area contributed by atoms with E-state index < -0.39 is 12.2 Å². The zero-order valence-electron chi connectivity index (χ0n) is 12.1. The Labute approximate surface area is 133 Å². The van der Waals surface area contributed by atoms with Crippen molar-refractivity contribution in [1.29, 1.82) is 0 Å². The summed E-state index contributed by atoms with van der Waals surface area (Å²) >= 11 is 5.02. The summed E-state index contributed by atoms with van der Waals surface area (Å²) in [4.78, 5) is 23.7. The van der Waals surface area contributed by atoms with Crippen LogP contribution < -0.4 is 10.6 Å². The van der Waals surface area contributed by atoms with Crippen LogP contribution in [-0.2, 0) is 17.7 Å². The van der Waals surface area contributed by atoms with Gasteiger partial charge in [-0.25, -0.2) is 9.59 Å². The van der Waals surface area contributed by atoms with Crippen LogP contribution in [0.25, 0.3) is 0 Å². The van der Waals surface area contributed by atoms with E-state index in [1.165, 1.54) is 4.90 Å². The predicted octanol–water partition coefficient (Wildman–Crippen LogP) is 2.17. The Kier molecular flexibility index (Phi) is 5.16. The minimum Gasteiger partial charge on any atom is -0.465 e. The van der Waals surface area contributed by atoms with Gasteiger partial charge in [-0.2, -0.15) is 0 Å². The molecule has 1 aromatic rings. The first kappa shape index (κ1) is 16.0. The van der Waals surface area contributed by atoms with Crippen molar-refractivity contribution in [3.63, 3.8) is 0 Å². The fraction of sp³-hybridized carbons (Fsp3) is 0.357. The van der Waals surface area contributed by atoms with Crippen molar-refractivity contribution in [2.75, 3.05) is 18.5 Å². The largest absolute Gasteiger partial charge is 0.465 e. The molecule has 118 valence electrons. The van der Waals surface area contributed by atoms with E-state index in [0.717, 1.165) is 11.1 Å². The van der Waals surface area contributed by atoms with Gasteiger partial charge in [-0.1, -0.05) is 6.07 Å². The lowest BCUT2D eigenvalue weighted by molar-refractivity contribution is 0.140. The van der Waals surface area contributed by atoms with Crippen LogP contribution in [0.1, 0.15) is 18.1 Å². The fourth-order valence-electron chi connectivity index (χ4n) is 2.22. The van der Waals surface area contributed by atoms with Crippen LogP contribution in [0.5, 0.6) is 0 Å². The zero-order chi connectivity index (χ0) is 16.1. The molecule has 1 aliphatic heterocycles. The number of thiocarbonyl (C=S) groups is 1. The molecule has 0 atom stereocenters. The number of fused-ring (bicyclic) bond motifs is 1. The highest BCUT2D eigenvalue weighted by Crippen LogP contribution is 2.22. The molecule has 7 nitrogen and oxygen atoms in total. The number of nitrogens with zero attached hydrogens (tertiary/aromatic N) is 1.